The van der Waals surface area contributed by atoms with Crippen molar-refractivity contribution < 1.29 is 0 Å². The second kappa shape index (κ2) is 7.53. The van der Waals surface area contributed by atoms with Crippen molar-refractivity contribution in [2.45, 2.75) is 32.2 Å². The van der Waals surface area contributed by atoms with Gasteiger partial charge in [0.1, 0.15) is 0 Å². The summed E-state index contributed by atoms with van der Waals surface area (Å²) in [4.78, 5) is 2.50. The molecule has 1 saturated heterocycles. The van der Waals surface area contributed by atoms with E-state index in [9.17, 15) is 0 Å². The molecule has 15 heavy (non-hydrogen) atoms. The lowest BCUT2D eigenvalue weighted by Gasteiger charge is -2.24. The highest BCUT2D eigenvalue weighted by molar-refractivity contribution is 7.98. The fourth-order valence-corrected chi connectivity index (χ4v) is 2.92. The molecule has 0 amide bonds. The Balaban J connectivity index is 2.02. The first-order chi connectivity index (χ1) is 7.24. The maximum atomic E-state index is 3.44. The van der Waals surface area contributed by atoms with E-state index >= 15 is 0 Å². The van der Waals surface area contributed by atoms with Gasteiger partial charge in [-0.3, -0.25) is 0 Å². The molecule has 1 rings (SSSR count). The van der Waals surface area contributed by atoms with Crippen LogP contribution in [0.25, 0.3) is 0 Å². The summed E-state index contributed by atoms with van der Waals surface area (Å²) in [5.74, 6) is 2.20. The van der Waals surface area contributed by atoms with Crippen LogP contribution in [0.15, 0.2) is 0 Å². The lowest BCUT2D eigenvalue weighted by atomic mass is 10.0. The van der Waals surface area contributed by atoms with Crippen LogP contribution in [-0.4, -0.2) is 49.6 Å². The second-order valence-electron chi connectivity index (χ2n) is 4.79. The number of rotatable bonds is 7. The minimum Gasteiger partial charge on any atom is -0.316 e. The summed E-state index contributed by atoms with van der Waals surface area (Å²) in [6.07, 6.45) is 6.35. The van der Waals surface area contributed by atoms with Crippen LogP contribution in [0.5, 0.6) is 0 Å². The predicted octanol–water partition coefficient (Wildman–Crippen LogP) is 2.06. The Morgan fingerprint density at radius 3 is 2.93 bits per heavy atom. The molecule has 1 fully saturated rings. The minimum absolute atomic E-state index is 0.724. The van der Waals surface area contributed by atoms with Crippen molar-refractivity contribution in [2.75, 3.05) is 38.7 Å². The molecule has 0 spiro atoms. The molecular formula is C12H26N2S. The van der Waals surface area contributed by atoms with Gasteiger partial charge in [-0.2, -0.15) is 11.8 Å². The monoisotopic (exact) mass is 230 g/mol. The van der Waals surface area contributed by atoms with Gasteiger partial charge in [0.15, 0.2) is 0 Å². The van der Waals surface area contributed by atoms with Gasteiger partial charge in [0.25, 0.3) is 0 Å². The number of nitrogens with one attached hydrogen (secondary N) is 1. The largest absolute Gasteiger partial charge is 0.316 e. The summed E-state index contributed by atoms with van der Waals surface area (Å²) in [6, 6.07) is 0.724. The van der Waals surface area contributed by atoms with Crippen LogP contribution < -0.4 is 5.32 Å². The van der Waals surface area contributed by atoms with Crippen molar-refractivity contribution in [1.29, 1.82) is 0 Å². The Kier molecular flexibility index (Phi) is 6.69. The van der Waals surface area contributed by atoms with Gasteiger partial charge in [0.05, 0.1) is 0 Å². The van der Waals surface area contributed by atoms with Gasteiger partial charge in [-0.05, 0) is 65.0 Å². The second-order valence-corrected chi connectivity index (χ2v) is 5.70. The standard InChI is InChI=1S/C12H26N2S/c1-11(10-15-3)14(2)8-4-5-12-6-7-13-9-12/h11-13H,4-10H2,1-3H3. The number of hydrogen-bond donors (Lipinski definition) is 1. The third kappa shape index (κ3) is 5.23. The zero-order valence-electron chi connectivity index (χ0n) is 10.5. The average Bonchev–Trinajstić information content (AvgIpc) is 2.71. The number of nitrogens with zero attached hydrogens (tertiary/aromatic N) is 1. The fraction of sp³-hybridized carbons (Fsp3) is 1.00. The van der Waals surface area contributed by atoms with Crippen LogP contribution >= 0.6 is 11.8 Å². The molecule has 0 bridgehead atoms. The van der Waals surface area contributed by atoms with Crippen LogP contribution in [0.2, 0.25) is 0 Å². The highest BCUT2D eigenvalue weighted by Crippen LogP contribution is 2.15. The zero-order chi connectivity index (χ0) is 11.1. The van der Waals surface area contributed by atoms with Crippen LogP contribution in [0.4, 0.5) is 0 Å². The summed E-state index contributed by atoms with van der Waals surface area (Å²) in [5, 5.41) is 3.44. The van der Waals surface area contributed by atoms with Crippen molar-refractivity contribution in [3.8, 4) is 0 Å². The quantitative estimate of drug-likeness (QED) is 0.721. The van der Waals surface area contributed by atoms with E-state index < -0.39 is 0 Å². The van der Waals surface area contributed by atoms with Gasteiger partial charge in [-0.1, -0.05) is 0 Å². The fourth-order valence-electron chi connectivity index (χ4n) is 2.18. The molecule has 3 heteroatoms. The van der Waals surface area contributed by atoms with Crippen molar-refractivity contribution in [2.24, 2.45) is 5.92 Å². The highest BCUT2D eigenvalue weighted by Gasteiger charge is 2.14. The summed E-state index contributed by atoms with van der Waals surface area (Å²) in [6.45, 7) is 6.08. The van der Waals surface area contributed by atoms with Crippen molar-refractivity contribution in [3.05, 3.63) is 0 Å². The van der Waals surface area contributed by atoms with Crippen LogP contribution in [0, 0.1) is 5.92 Å². The van der Waals surface area contributed by atoms with Crippen LogP contribution in [0.3, 0.4) is 0 Å². The van der Waals surface area contributed by atoms with Gasteiger partial charge in [0.2, 0.25) is 0 Å². The molecule has 1 heterocycles. The van der Waals surface area contributed by atoms with Gasteiger partial charge in [-0.25, -0.2) is 0 Å². The van der Waals surface area contributed by atoms with E-state index in [0.29, 0.717) is 0 Å². The van der Waals surface area contributed by atoms with Crippen molar-refractivity contribution in [3.63, 3.8) is 0 Å². The van der Waals surface area contributed by atoms with Crippen LogP contribution in [-0.2, 0) is 0 Å². The molecule has 0 aromatic heterocycles. The minimum atomic E-state index is 0.724. The molecule has 2 unspecified atom stereocenters. The molecule has 1 N–H and O–H groups in total. The Morgan fingerprint density at radius 1 is 1.53 bits per heavy atom. The van der Waals surface area contributed by atoms with E-state index in [4.69, 9.17) is 0 Å². The van der Waals surface area contributed by atoms with Crippen molar-refractivity contribution in [1.82, 2.24) is 10.2 Å². The highest BCUT2D eigenvalue weighted by atomic mass is 32.2. The van der Waals surface area contributed by atoms with E-state index in [1.807, 2.05) is 11.8 Å². The third-order valence-corrected chi connectivity index (χ3v) is 4.26. The van der Waals surface area contributed by atoms with E-state index in [0.717, 1.165) is 12.0 Å². The first kappa shape index (κ1) is 13.3. The van der Waals surface area contributed by atoms with E-state index in [2.05, 4.69) is 30.4 Å². The van der Waals surface area contributed by atoms with Gasteiger partial charge in [0, 0.05) is 11.8 Å². The van der Waals surface area contributed by atoms with E-state index in [1.54, 1.807) is 0 Å². The molecule has 0 saturated carbocycles. The number of hydrogen-bond acceptors (Lipinski definition) is 3. The zero-order valence-corrected chi connectivity index (χ0v) is 11.3. The van der Waals surface area contributed by atoms with Crippen LogP contribution in [0.1, 0.15) is 26.2 Å². The molecule has 1 aliphatic rings. The first-order valence-corrected chi connectivity index (χ1v) is 7.53. The van der Waals surface area contributed by atoms with Gasteiger partial charge < -0.3 is 10.2 Å². The molecule has 0 radical (unpaired) electrons. The molecule has 0 aromatic rings. The normalized spacial score (nSPS) is 23.6. The summed E-state index contributed by atoms with van der Waals surface area (Å²) in [5.41, 5.74) is 0. The first-order valence-electron chi connectivity index (χ1n) is 6.14. The Labute approximate surface area is 99.2 Å². The molecule has 2 nitrogen and oxygen atoms in total. The SMILES string of the molecule is CSCC(C)N(C)CCCC1CCNC1. The Bertz CT molecular complexity index is 158. The maximum absolute atomic E-state index is 3.44. The maximum Gasteiger partial charge on any atom is 0.0154 e. The lowest BCUT2D eigenvalue weighted by Crippen LogP contribution is -2.32. The lowest BCUT2D eigenvalue weighted by molar-refractivity contribution is 0.265. The Hall–Kier alpha value is 0.270. The Morgan fingerprint density at radius 2 is 2.33 bits per heavy atom. The molecule has 90 valence electrons. The summed E-state index contributed by atoms with van der Waals surface area (Å²) < 4.78 is 0. The van der Waals surface area contributed by atoms with Gasteiger partial charge >= 0.3 is 0 Å². The number of thioether (sulfide) groups is 1. The average molecular weight is 230 g/mol. The summed E-state index contributed by atoms with van der Waals surface area (Å²) in [7, 11) is 2.26. The topological polar surface area (TPSA) is 15.3 Å². The molecule has 0 aromatic carbocycles. The molecule has 2 atom stereocenters. The molecule has 0 aliphatic carbocycles. The van der Waals surface area contributed by atoms with Crippen molar-refractivity contribution >= 4 is 11.8 Å². The predicted molar refractivity (Wildman–Crippen MR) is 70.7 cm³/mol. The smallest absolute Gasteiger partial charge is 0.0154 e. The molecular weight excluding hydrogens is 204 g/mol. The van der Waals surface area contributed by atoms with E-state index in [-0.39, 0.29) is 0 Å². The summed E-state index contributed by atoms with van der Waals surface area (Å²) >= 11 is 1.95. The van der Waals surface area contributed by atoms with Gasteiger partial charge in [-0.15, -0.1) is 0 Å². The van der Waals surface area contributed by atoms with E-state index in [1.165, 1.54) is 44.6 Å². The molecule has 1 aliphatic heterocycles. The third-order valence-electron chi connectivity index (χ3n) is 3.45.